The van der Waals surface area contributed by atoms with Crippen LogP contribution in [-0.4, -0.2) is 46.5 Å². The van der Waals surface area contributed by atoms with Crippen molar-refractivity contribution in [3.05, 3.63) is 63.8 Å². The molecule has 1 aromatic carbocycles. The average molecular weight is 396 g/mol. The Balaban J connectivity index is 1.50. The van der Waals surface area contributed by atoms with Crippen molar-refractivity contribution in [2.24, 2.45) is 5.92 Å². The van der Waals surface area contributed by atoms with Crippen LogP contribution in [0.25, 0.3) is 0 Å². The van der Waals surface area contributed by atoms with Gasteiger partial charge in [-0.2, -0.15) is 0 Å². The highest BCUT2D eigenvalue weighted by Gasteiger charge is 2.38. The third-order valence-corrected chi connectivity index (χ3v) is 6.10. The Labute approximate surface area is 170 Å². The lowest BCUT2D eigenvalue weighted by Crippen LogP contribution is -2.49. The number of hydrogen-bond acceptors (Lipinski definition) is 5. The highest BCUT2D eigenvalue weighted by atomic mass is 16.2. The zero-order valence-corrected chi connectivity index (χ0v) is 17.0. The molecule has 1 aromatic heterocycles. The molecule has 0 bridgehead atoms. The van der Waals surface area contributed by atoms with Crippen molar-refractivity contribution in [3.8, 4) is 0 Å². The highest BCUT2D eigenvalue weighted by Crippen LogP contribution is 2.31. The van der Waals surface area contributed by atoms with E-state index in [1.165, 1.54) is 11.8 Å². The molecule has 2 saturated heterocycles. The van der Waals surface area contributed by atoms with E-state index in [4.69, 9.17) is 0 Å². The summed E-state index contributed by atoms with van der Waals surface area (Å²) >= 11 is 0. The molecule has 3 atom stereocenters. The second-order valence-corrected chi connectivity index (χ2v) is 8.39. The molecule has 29 heavy (non-hydrogen) atoms. The first-order valence-electron chi connectivity index (χ1n) is 10.5. The number of nitrogens with zero attached hydrogens (tertiary/aromatic N) is 2. The lowest BCUT2D eigenvalue weighted by molar-refractivity contribution is 0.0642. The summed E-state index contributed by atoms with van der Waals surface area (Å²) in [4.78, 5) is 34.3. The maximum atomic E-state index is 13.0. The van der Waals surface area contributed by atoms with Crippen LogP contribution in [0, 0.1) is 5.92 Å². The molecule has 2 aromatic rings. The first-order valence-corrected chi connectivity index (χ1v) is 10.5. The van der Waals surface area contributed by atoms with Crippen molar-refractivity contribution in [2.75, 3.05) is 19.6 Å². The zero-order valence-electron chi connectivity index (χ0n) is 17.0. The van der Waals surface area contributed by atoms with Crippen LogP contribution in [0.1, 0.15) is 60.3 Å². The van der Waals surface area contributed by atoms with Crippen molar-refractivity contribution in [1.29, 1.82) is 0 Å². The van der Waals surface area contributed by atoms with Crippen LogP contribution >= 0.6 is 0 Å². The van der Waals surface area contributed by atoms with E-state index in [-0.39, 0.29) is 29.0 Å². The minimum atomic E-state index is -0.348. The van der Waals surface area contributed by atoms with Gasteiger partial charge >= 0.3 is 0 Å². The lowest BCUT2D eigenvalue weighted by Gasteiger charge is -2.37. The molecule has 3 N–H and O–H groups in total. The van der Waals surface area contributed by atoms with Crippen LogP contribution in [-0.2, 0) is 0 Å². The number of hydrogen-bond donors (Lipinski definition) is 3. The molecule has 0 saturated carbocycles. The first kappa shape index (κ1) is 19.8. The normalized spacial score (nSPS) is 24.8. The van der Waals surface area contributed by atoms with Gasteiger partial charge in [0.05, 0.1) is 0 Å². The number of likely N-dealkylation sites (tertiary alicyclic amines) is 1. The van der Waals surface area contributed by atoms with Gasteiger partial charge in [0.25, 0.3) is 11.5 Å². The summed E-state index contributed by atoms with van der Waals surface area (Å²) in [6.45, 7) is 6.12. The van der Waals surface area contributed by atoms with E-state index < -0.39 is 0 Å². The predicted octanol–water partition coefficient (Wildman–Crippen LogP) is 2.01. The number of carbonyl (C=O) groups excluding carboxylic acids is 1. The summed E-state index contributed by atoms with van der Waals surface area (Å²) in [6.07, 6.45) is 3.43. The molecule has 154 valence electrons. The fourth-order valence-electron chi connectivity index (χ4n) is 4.50. The van der Waals surface area contributed by atoms with Crippen LogP contribution in [0.3, 0.4) is 0 Å². The number of hydrazine groups is 1. The Morgan fingerprint density at radius 2 is 2.03 bits per heavy atom. The molecule has 3 heterocycles. The molecule has 2 aliphatic heterocycles. The van der Waals surface area contributed by atoms with Crippen molar-refractivity contribution < 1.29 is 4.79 Å². The maximum absolute atomic E-state index is 13.0. The van der Waals surface area contributed by atoms with Crippen LogP contribution in [0.5, 0.6) is 0 Å². The summed E-state index contributed by atoms with van der Waals surface area (Å²) in [6, 6.07) is 10.8. The van der Waals surface area contributed by atoms with Gasteiger partial charge < -0.3 is 9.88 Å². The van der Waals surface area contributed by atoms with Crippen LogP contribution in [0.15, 0.2) is 41.3 Å². The molecule has 2 aliphatic rings. The van der Waals surface area contributed by atoms with Gasteiger partial charge in [-0.3, -0.25) is 20.4 Å². The van der Waals surface area contributed by atoms with Gasteiger partial charge in [0, 0.05) is 43.7 Å². The van der Waals surface area contributed by atoms with E-state index in [1.807, 2.05) is 24.8 Å². The Hall–Kier alpha value is -2.51. The molecule has 0 spiro atoms. The average Bonchev–Trinajstić information content (AvgIpc) is 3.24. The maximum Gasteiger partial charge on any atom is 0.263 e. The molecule has 7 nitrogen and oxygen atoms in total. The van der Waals surface area contributed by atoms with Crippen molar-refractivity contribution >= 4 is 5.91 Å². The minimum absolute atomic E-state index is 0.113. The van der Waals surface area contributed by atoms with Crippen molar-refractivity contribution in [1.82, 2.24) is 25.7 Å². The molecule has 0 radical (unpaired) electrons. The van der Waals surface area contributed by atoms with Gasteiger partial charge in [0.2, 0.25) is 0 Å². The van der Waals surface area contributed by atoms with E-state index in [0.29, 0.717) is 30.7 Å². The SMILES string of the molecule is CC(C)c1ncc(C(=O)N2CCCC(C3NNCC3c3ccccc3)C2)c(=O)[nH]1. The van der Waals surface area contributed by atoms with E-state index in [1.54, 1.807) is 0 Å². The number of benzene rings is 1. The summed E-state index contributed by atoms with van der Waals surface area (Å²) < 4.78 is 0. The van der Waals surface area contributed by atoms with Gasteiger partial charge in [-0.15, -0.1) is 0 Å². The van der Waals surface area contributed by atoms with Crippen LogP contribution in [0.4, 0.5) is 0 Å². The number of amides is 1. The van der Waals surface area contributed by atoms with Gasteiger partial charge in [-0.05, 0) is 24.3 Å². The molecule has 3 unspecified atom stereocenters. The second kappa shape index (κ2) is 8.47. The van der Waals surface area contributed by atoms with Gasteiger partial charge in [0.1, 0.15) is 11.4 Å². The Morgan fingerprint density at radius 1 is 1.24 bits per heavy atom. The fourth-order valence-corrected chi connectivity index (χ4v) is 4.50. The third kappa shape index (κ3) is 4.11. The zero-order chi connectivity index (χ0) is 20.4. The first-order chi connectivity index (χ1) is 14.0. The number of carbonyl (C=O) groups is 1. The quantitative estimate of drug-likeness (QED) is 0.737. The third-order valence-electron chi connectivity index (χ3n) is 6.10. The lowest BCUT2D eigenvalue weighted by atomic mass is 9.81. The highest BCUT2D eigenvalue weighted by molar-refractivity contribution is 5.93. The molecule has 0 aliphatic carbocycles. The van der Waals surface area contributed by atoms with E-state index in [9.17, 15) is 9.59 Å². The van der Waals surface area contributed by atoms with Crippen molar-refractivity contribution in [2.45, 2.75) is 44.6 Å². The summed E-state index contributed by atoms with van der Waals surface area (Å²) in [5.41, 5.74) is 7.83. The van der Waals surface area contributed by atoms with Crippen LogP contribution < -0.4 is 16.4 Å². The number of rotatable bonds is 4. The Morgan fingerprint density at radius 3 is 2.76 bits per heavy atom. The summed E-state index contributed by atoms with van der Waals surface area (Å²) in [5, 5.41) is 0. The van der Waals surface area contributed by atoms with E-state index in [2.05, 4.69) is 45.1 Å². The monoisotopic (exact) mass is 395 g/mol. The molecular weight excluding hydrogens is 366 g/mol. The number of nitrogens with one attached hydrogen (secondary N) is 3. The topological polar surface area (TPSA) is 90.1 Å². The molecule has 2 fully saturated rings. The molecular formula is C22H29N5O2. The van der Waals surface area contributed by atoms with Crippen molar-refractivity contribution in [3.63, 3.8) is 0 Å². The van der Waals surface area contributed by atoms with Gasteiger partial charge in [-0.25, -0.2) is 4.98 Å². The number of aromatic nitrogens is 2. The minimum Gasteiger partial charge on any atom is -0.338 e. The Kier molecular flexibility index (Phi) is 5.78. The van der Waals surface area contributed by atoms with Gasteiger partial charge in [0.15, 0.2) is 0 Å². The number of piperidine rings is 1. The Bertz CT molecular complexity index is 911. The molecule has 7 heteroatoms. The summed E-state index contributed by atoms with van der Waals surface area (Å²) in [5.74, 6) is 1.19. The largest absolute Gasteiger partial charge is 0.338 e. The number of aromatic amines is 1. The fraction of sp³-hybridized carbons (Fsp3) is 0.500. The molecule has 4 rings (SSSR count). The van der Waals surface area contributed by atoms with E-state index in [0.717, 1.165) is 19.4 Å². The van der Waals surface area contributed by atoms with Crippen LogP contribution in [0.2, 0.25) is 0 Å². The smallest absolute Gasteiger partial charge is 0.263 e. The van der Waals surface area contributed by atoms with Gasteiger partial charge in [-0.1, -0.05) is 44.2 Å². The standard InChI is InChI=1S/C22H29N5O2/c1-14(2)20-23-11-18(21(28)25-20)22(29)27-10-6-9-16(13-27)19-17(12-24-26-19)15-7-4-3-5-8-15/h3-5,7-8,11,14,16-17,19,24,26H,6,9-10,12-13H2,1-2H3,(H,23,25,28). The predicted molar refractivity (Wildman–Crippen MR) is 112 cm³/mol. The van der Waals surface area contributed by atoms with E-state index >= 15 is 0 Å². The second-order valence-electron chi connectivity index (χ2n) is 8.39. The summed E-state index contributed by atoms with van der Waals surface area (Å²) in [7, 11) is 0. The molecule has 1 amide bonds. The number of H-pyrrole nitrogens is 1.